The molecule has 0 bridgehead atoms. The van der Waals surface area contributed by atoms with Crippen molar-refractivity contribution >= 4 is 11.8 Å². The molecule has 0 aromatic heterocycles. The smallest absolute Gasteiger partial charge is 0.246 e. The fourth-order valence-corrected chi connectivity index (χ4v) is 4.19. The van der Waals surface area contributed by atoms with E-state index in [1.54, 1.807) is 0 Å². The van der Waals surface area contributed by atoms with Gasteiger partial charge in [-0.15, -0.1) is 0 Å². The number of hydrogen-bond acceptors (Lipinski definition) is 3. The van der Waals surface area contributed by atoms with Crippen molar-refractivity contribution in [3.63, 3.8) is 0 Å². The van der Waals surface area contributed by atoms with E-state index in [0.717, 1.165) is 45.2 Å². The van der Waals surface area contributed by atoms with Crippen LogP contribution in [-0.4, -0.2) is 70.8 Å². The second-order valence-corrected chi connectivity index (χ2v) is 6.97. The predicted octanol–water partition coefficient (Wildman–Crippen LogP) is 1.08. The summed E-state index contributed by atoms with van der Waals surface area (Å²) in [4.78, 5) is 31.7. The number of likely N-dealkylation sites (tertiary alicyclic amines) is 1. The van der Waals surface area contributed by atoms with Crippen LogP contribution in [0.3, 0.4) is 0 Å². The average Bonchev–Trinajstić information content (AvgIpc) is 2.49. The summed E-state index contributed by atoms with van der Waals surface area (Å²) in [6, 6.07) is 0.236. The molecule has 118 valence electrons. The molecule has 3 heterocycles. The van der Waals surface area contributed by atoms with Crippen molar-refractivity contribution in [2.75, 3.05) is 20.1 Å². The lowest BCUT2D eigenvalue weighted by Crippen LogP contribution is -2.68. The van der Waals surface area contributed by atoms with Crippen LogP contribution in [0.1, 0.15) is 46.0 Å². The normalized spacial score (nSPS) is 38.6. The van der Waals surface area contributed by atoms with E-state index < -0.39 is 0 Å². The van der Waals surface area contributed by atoms with Crippen molar-refractivity contribution in [3.05, 3.63) is 0 Å². The molecular formula is C16H27N3O2. The summed E-state index contributed by atoms with van der Waals surface area (Å²) in [5.41, 5.74) is 0. The average molecular weight is 293 g/mol. The highest BCUT2D eigenvalue weighted by Crippen LogP contribution is 2.31. The number of carbonyl (C=O) groups excluding carboxylic acids is 2. The van der Waals surface area contributed by atoms with Gasteiger partial charge in [0.05, 0.1) is 0 Å². The molecule has 0 aliphatic carbocycles. The van der Waals surface area contributed by atoms with Crippen LogP contribution in [0.25, 0.3) is 0 Å². The zero-order valence-electron chi connectivity index (χ0n) is 13.4. The van der Waals surface area contributed by atoms with Gasteiger partial charge in [0.15, 0.2) is 0 Å². The summed E-state index contributed by atoms with van der Waals surface area (Å²) >= 11 is 0. The number of amides is 2. The molecule has 5 nitrogen and oxygen atoms in total. The molecule has 5 heteroatoms. The molecule has 0 aromatic carbocycles. The molecule has 0 spiro atoms. The quantitative estimate of drug-likeness (QED) is 0.727. The van der Waals surface area contributed by atoms with E-state index in [2.05, 4.69) is 18.9 Å². The Morgan fingerprint density at radius 1 is 1.00 bits per heavy atom. The minimum Gasteiger partial charge on any atom is -0.329 e. The van der Waals surface area contributed by atoms with Gasteiger partial charge in [0.2, 0.25) is 11.8 Å². The van der Waals surface area contributed by atoms with Gasteiger partial charge in [-0.25, -0.2) is 0 Å². The fraction of sp³-hybridized carbons (Fsp3) is 0.875. The number of piperidine rings is 2. The minimum absolute atomic E-state index is 0.158. The molecule has 21 heavy (non-hydrogen) atoms. The first kappa shape index (κ1) is 14.8. The van der Waals surface area contributed by atoms with E-state index in [-0.39, 0.29) is 29.9 Å². The van der Waals surface area contributed by atoms with Crippen molar-refractivity contribution in [3.8, 4) is 0 Å². The molecule has 3 fully saturated rings. The minimum atomic E-state index is -0.285. The lowest BCUT2D eigenvalue weighted by atomic mass is 9.90. The van der Waals surface area contributed by atoms with Gasteiger partial charge < -0.3 is 14.7 Å². The van der Waals surface area contributed by atoms with Crippen LogP contribution in [0.5, 0.6) is 0 Å². The third kappa shape index (κ3) is 2.45. The topological polar surface area (TPSA) is 43.9 Å². The molecule has 0 aromatic rings. The molecular weight excluding hydrogens is 266 g/mol. The maximum atomic E-state index is 12.9. The molecule has 3 saturated heterocycles. The molecule has 2 amide bonds. The summed E-state index contributed by atoms with van der Waals surface area (Å²) in [6.07, 6.45) is 4.90. The molecule has 0 saturated carbocycles. The van der Waals surface area contributed by atoms with Gasteiger partial charge in [0, 0.05) is 25.2 Å². The monoisotopic (exact) mass is 293 g/mol. The zero-order valence-corrected chi connectivity index (χ0v) is 13.4. The lowest BCUT2D eigenvalue weighted by molar-refractivity contribution is -0.167. The zero-order chi connectivity index (χ0) is 15.1. The Bertz CT molecular complexity index is 439. The predicted molar refractivity (Wildman–Crippen MR) is 80.8 cm³/mol. The van der Waals surface area contributed by atoms with Gasteiger partial charge in [-0.3, -0.25) is 9.59 Å². The van der Waals surface area contributed by atoms with E-state index in [0.29, 0.717) is 6.04 Å². The molecule has 4 unspecified atom stereocenters. The van der Waals surface area contributed by atoms with Crippen molar-refractivity contribution in [2.45, 2.75) is 70.1 Å². The van der Waals surface area contributed by atoms with E-state index in [4.69, 9.17) is 0 Å². The first-order valence-electron chi connectivity index (χ1n) is 8.33. The van der Waals surface area contributed by atoms with Gasteiger partial charge in [0.1, 0.15) is 12.1 Å². The van der Waals surface area contributed by atoms with E-state index >= 15 is 0 Å². The highest BCUT2D eigenvalue weighted by molar-refractivity contribution is 5.97. The summed E-state index contributed by atoms with van der Waals surface area (Å²) in [6.45, 7) is 5.89. The van der Waals surface area contributed by atoms with Crippen LogP contribution in [0.4, 0.5) is 0 Å². The van der Waals surface area contributed by atoms with Gasteiger partial charge in [-0.2, -0.15) is 0 Å². The Balaban J connectivity index is 1.81. The number of carbonyl (C=O) groups is 2. The second kappa shape index (κ2) is 5.59. The Kier molecular flexibility index (Phi) is 3.95. The van der Waals surface area contributed by atoms with Crippen LogP contribution < -0.4 is 0 Å². The number of nitrogens with zero attached hydrogens (tertiary/aromatic N) is 3. The number of fused-ring (bicyclic) bond motifs is 1. The fourth-order valence-electron chi connectivity index (χ4n) is 4.19. The van der Waals surface area contributed by atoms with Crippen molar-refractivity contribution < 1.29 is 9.59 Å². The van der Waals surface area contributed by atoms with Crippen molar-refractivity contribution in [2.24, 2.45) is 0 Å². The van der Waals surface area contributed by atoms with Gasteiger partial charge in [-0.1, -0.05) is 0 Å². The van der Waals surface area contributed by atoms with Crippen LogP contribution in [0.2, 0.25) is 0 Å². The maximum Gasteiger partial charge on any atom is 0.246 e. The molecule has 0 N–H and O–H groups in total. The summed E-state index contributed by atoms with van der Waals surface area (Å²) in [5.74, 6) is 0.356. The summed E-state index contributed by atoms with van der Waals surface area (Å²) in [7, 11) is 2.14. The van der Waals surface area contributed by atoms with Crippen LogP contribution in [-0.2, 0) is 9.59 Å². The van der Waals surface area contributed by atoms with E-state index in [9.17, 15) is 9.59 Å². The first-order chi connectivity index (χ1) is 10.0. The van der Waals surface area contributed by atoms with Crippen LogP contribution >= 0.6 is 0 Å². The van der Waals surface area contributed by atoms with Crippen molar-refractivity contribution in [1.82, 2.24) is 14.7 Å². The summed E-state index contributed by atoms with van der Waals surface area (Å²) in [5, 5.41) is 0. The molecule has 3 rings (SSSR count). The maximum absolute atomic E-state index is 12.9. The van der Waals surface area contributed by atoms with Crippen LogP contribution in [0.15, 0.2) is 0 Å². The highest BCUT2D eigenvalue weighted by atomic mass is 16.2. The Morgan fingerprint density at radius 3 is 2.48 bits per heavy atom. The first-order valence-corrected chi connectivity index (χ1v) is 8.33. The van der Waals surface area contributed by atoms with E-state index in [1.807, 2.05) is 16.7 Å². The number of hydrogen-bond donors (Lipinski definition) is 0. The van der Waals surface area contributed by atoms with Gasteiger partial charge in [0.25, 0.3) is 0 Å². The SMILES string of the molecule is CC1CC(N2C(=O)C3CCCCN3C(=O)C2C)CCN1C. The highest BCUT2D eigenvalue weighted by Gasteiger charge is 2.47. The van der Waals surface area contributed by atoms with Gasteiger partial charge >= 0.3 is 0 Å². The lowest BCUT2D eigenvalue weighted by Gasteiger charge is -2.50. The number of piperazine rings is 1. The van der Waals surface area contributed by atoms with Crippen LogP contribution in [0, 0.1) is 0 Å². The Hall–Kier alpha value is -1.10. The largest absolute Gasteiger partial charge is 0.329 e. The summed E-state index contributed by atoms with van der Waals surface area (Å²) < 4.78 is 0. The molecule has 3 aliphatic rings. The standard InChI is InChI=1S/C16H27N3O2/c1-11-10-13(7-9-17(11)3)19-12(2)15(20)18-8-5-4-6-14(18)16(19)21/h11-14H,4-10H2,1-3H3. The molecule has 4 atom stereocenters. The van der Waals surface area contributed by atoms with E-state index in [1.165, 1.54) is 0 Å². The Morgan fingerprint density at radius 2 is 1.76 bits per heavy atom. The second-order valence-electron chi connectivity index (χ2n) is 6.97. The third-order valence-corrected chi connectivity index (χ3v) is 5.67. The third-order valence-electron chi connectivity index (χ3n) is 5.67. The van der Waals surface area contributed by atoms with Crippen molar-refractivity contribution in [1.29, 1.82) is 0 Å². The molecule has 0 radical (unpaired) electrons. The Labute approximate surface area is 127 Å². The molecule has 3 aliphatic heterocycles. The number of rotatable bonds is 1. The van der Waals surface area contributed by atoms with Gasteiger partial charge in [-0.05, 0) is 53.0 Å².